The van der Waals surface area contributed by atoms with Crippen LogP contribution in [0.2, 0.25) is 0 Å². The maximum Gasteiger partial charge on any atom is 0.0384 e. The molecular formula is C56H55N. The van der Waals surface area contributed by atoms with E-state index in [0.717, 1.165) is 34.4 Å². The third-order valence-electron chi connectivity index (χ3n) is 11.7. The molecule has 0 aromatic heterocycles. The minimum absolute atomic E-state index is 0.0922. The first-order valence-corrected chi connectivity index (χ1v) is 20.2. The number of hydrogen-bond acceptors (Lipinski definition) is 1. The minimum atomic E-state index is -0.0957. The van der Waals surface area contributed by atoms with Gasteiger partial charge in [0, 0.05) is 22.2 Å². The highest BCUT2D eigenvalue weighted by molar-refractivity contribution is 5.87. The van der Waals surface area contributed by atoms with Gasteiger partial charge in [-0.15, -0.1) is 0 Å². The van der Waals surface area contributed by atoms with E-state index in [1.807, 2.05) is 0 Å². The normalized spacial score (nSPS) is 15.2. The van der Waals surface area contributed by atoms with Gasteiger partial charge in [-0.3, -0.25) is 0 Å². The highest BCUT2D eigenvalue weighted by Crippen LogP contribution is 2.50. The molecule has 0 saturated heterocycles. The molecule has 0 heterocycles. The van der Waals surface area contributed by atoms with Gasteiger partial charge in [0.25, 0.3) is 0 Å². The zero-order chi connectivity index (χ0) is 40.2. The van der Waals surface area contributed by atoms with Gasteiger partial charge in [-0.25, -0.2) is 0 Å². The van der Waals surface area contributed by atoms with E-state index in [4.69, 9.17) is 0 Å². The van der Waals surface area contributed by atoms with Crippen molar-refractivity contribution in [2.45, 2.75) is 58.8 Å². The van der Waals surface area contributed by atoms with Crippen molar-refractivity contribution >= 4 is 16.8 Å². The molecule has 0 bridgehead atoms. The average Bonchev–Trinajstić information content (AvgIpc) is 3.47. The van der Waals surface area contributed by atoms with Crippen LogP contribution in [-0.2, 0) is 10.8 Å². The monoisotopic (exact) mass is 741 g/mol. The lowest BCUT2D eigenvalue weighted by Crippen LogP contribution is -2.18. The molecule has 1 N–H and O–H groups in total. The first-order valence-electron chi connectivity index (χ1n) is 20.2. The summed E-state index contributed by atoms with van der Waals surface area (Å²) in [7, 11) is 0. The fourth-order valence-corrected chi connectivity index (χ4v) is 7.89. The zero-order valence-corrected chi connectivity index (χ0v) is 34.4. The number of allylic oxidation sites excluding steroid dienone is 7. The highest BCUT2D eigenvalue weighted by atomic mass is 14.9. The molecule has 8 rings (SSSR count). The van der Waals surface area contributed by atoms with Crippen LogP contribution in [0.5, 0.6) is 0 Å². The smallest absolute Gasteiger partial charge is 0.0384 e. The van der Waals surface area contributed by atoms with Crippen molar-refractivity contribution in [3.05, 3.63) is 234 Å². The molecule has 1 atom stereocenters. The first-order chi connectivity index (χ1) is 27.4. The second-order valence-corrected chi connectivity index (χ2v) is 16.7. The van der Waals surface area contributed by atoms with E-state index in [2.05, 4.69) is 236 Å². The van der Waals surface area contributed by atoms with Crippen molar-refractivity contribution < 1.29 is 0 Å². The molecule has 0 amide bonds. The molecule has 0 spiro atoms. The quantitative estimate of drug-likeness (QED) is 0.146. The summed E-state index contributed by atoms with van der Waals surface area (Å²) in [6.45, 7) is 22.4. The number of hydrogen-bond donors (Lipinski definition) is 1. The van der Waals surface area contributed by atoms with Crippen molar-refractivity contribution in [2.24, 2.45) is 5.92 Å². The zero-order valence-electron chi connectivity index (χ0n) is 34.4. The molecule has 0 aliphatic heterocycles. The Morgan fingerprint density at radius 2 is 1.25 bits per heavy atom. The lowest BCUT2D eigenvalue weighted by Gasteiger charge is -2.26. The van der Waals surface area contributed by atoms with E-state index < -0.39 is 0 Å². The number of aryl methyl sites for hydroxylation is 1. The third-order valence-corrected chi connectivity index (χ3v) is 11.7. The first kappa shape index (κ1) is 39.1. The van der Waals surface area contributed by atoms with Gasteiger partial charge in [-0.2, -0.15) is 0 Å². The van der Waals surface area contributed by atoms with Gasteiger partial charge in [0.05, 0.1) is 0 Å². The molecule has 6 aromatic rings. The van der Waals surface area contributed by atoms with Crippen LogP contribution in [0.1, 0.15) is 80.0 Å². The molecule has 57 heavy (non-hydrogen) atoms. The molecule has 1 nitrogen and oxygen atoms in total. The summed E-state index contributed by atoms with van der Waals surface area (Å²) in [5.74, 6) is 0.675. The third kappa shape index (κ3) is 8.64. The van der Waals surface area contributed by atoms with Crippen LogP contribution < -0.4 is 5.32 Å². The van der Waals surface area contributed by atoms with Gasteiger partial charge in [0.15, 0.2) is 0 Å². The summed E-state index contributed by atoms with van der Waals surface area (Å²) < 4.78 is 0. The molecular weight excluding hydrogens is 687 g/mol. The molecule has 2 aliphatic carbocycles. The summed E-state index contributed by atoms with van der Waals surface area (Å²) in [6, 6.07) is 52.2. The van der Waals surface area contributed by atoms with Crippen LogP contribution in [0.4, 0.5) is 5.69 Å². The van der Waals surface area contributed by atoms with Crippen molar-refractivity contribution in [1.82, 2.24) is 0 Å². The van der Waals surface area contributed by atoms with Gasteiger partial charge in [-0.1, -0.05) is 199 Å². The average molecular weight is 742 g/mol. The minimum Gasteiger partial charge on any atom is -0.356 e. The van der Waals surface area contributed by atoms with Crippen LogP contribution in [0.15, 0.2) is 195 Å². The second kappa shape index (κ2) is 16.5. The number of rotatable bonds is 9. The van der Waals surface area contributed by atoms with Crippen molar-refractivity contribution in [3.63, 3.8) is 0 Å². The predicted octanol–water partition coefficient (Wildman–Crippen LogP) is 15.2. The predicted molar refractivity (Wildman–Crippen MR) is 247 cm³/mol. The van der Waals surface area contributed by atoms with Crippen LogP contribution in [0.25, 0.3) is 33.4 Å². The van der Waals surface area contributed by atoms with Gasteiger partial charge in [-0.05, 0) is 116 Å². The van der Waals surface area contributed by atoms with Crippen molar-refractivity contribution in [3.8, 4) is 22.3 Å². The van der Waals surface area contributed by atoms with Crippen LogP contribution in [-0.4, -0.2) is 0 Å². The molecule has 0 saturated carbocycles. The molecule has 1 unspecified atom stereocenters. The van der Waals surface area contributed by atoms with E-state index >= 15 is 0 Å². The Morgan fingerprint density at radius 1 is 0.649 bits per heavy atom. The van der Waals surface area contributed by atoms with E-state index in [0.29, 0.717) is 5.92 Å². The van der Waals surface area contributed by atoms with Crippen LogP contribution >= 0.6 is 0 Å². The van der Waals surface area contributed by atoms with E-state index in [1.54, 1.807) is 0 Å². The molecule has 0 radical (unpaired) electrons. The lowest BCUT2D eigenvalue weighted by atomic mass is 9.77. The fraction of sp³-hybridized carbons (Fsp3) is 0.179. The summed E-state index contributed by atoms with van der Waals surface area (Å²) >= 11 is 0. The lowest BCUT2D eigenvalue weighted by molar-refractivity contribution is 0.640. The number of anilines is 1. The van der Waals surface area contributed by atoms with Crippen LogP contribution in [0.3, 0.4) is 0 Å². The van der Waals surface area contributed by atoms with Gasteiger partial charge in [0.1, 0.15) is 0 Å². The fourth-order valence-electron chi connectivity index (χ4n) is 7.89. The van der Waals surface area contributed by atoms with Gasteiger partial charge in [0.2, 0.25) is 0 Å². The molecule has 1 heteroatoms. The molecule has 2 aliphatic rings. The van der Waals surface area contributed by atoms with Gasteiger partial charge >= 0.3 is 0 Å². The second-order valence-electron chi connectivity index (χ2n) is 16.7. The number of fused-ring (bicyclic) bond motifs is 3. The summed E-state index contributed by atoms with van der Waals surface area (Å²) in [4.78, 5) is 0. The maximum atomic E-state index is 4.44. The maximum absolute atomic E-state index is 4.44. The number of benzene rings is 6. The van der Waals surface area contributed by atoms with Crippen LogP contribution in [0, 0.1) is 12.8 Å². The Bertz CT molecular complexity index is 2490. The number of nitrogens with one attached hydrogen (secondary N) is 1. The molecule has 6 aromatic carbocycles. The van der Waals surface area contributed by atoms with Crippen molar-refractivity contribution in [2.75, 3.05) is 5.32 Å². The van der Waals surface area contributed by atoms with E-state index in [9.17, 15) is 0 Å². The standard InChI is InChI=1S/C42H38.C14H17N/c1-29(32-16-13-19-36(26-32)41(3,4)35-17-11-8-12-18-35)20-21-30(2)33-22-24-37-38-25-23-34(31-14-9-7-10-15-31)28-40(38)42(5,6)39(37)27-33;1-11-3-7-13(8-4-11)15-14-9-5-12(2)6-10-14/h7-28H,1-2H2,3-6H3;3-5,7-10,12,15H,6H2,1-2H3/b21-20-;. The highest BCUT2D eigenvalue weighted by Gasteiger charge is 2.36. The summed E-state index contributed by atoms with van der Waals surface area (Å²) in [5, 5.41) is 3.40. The Kier molecular flexibility index (Phi) is 11.3. The topological polar surface area (TPSA) is 12.0 Å². The Hall–Kier alpha value is -6.18. The molecule has 0 fully saturated rings. The summed E-state index contributed by atoms with van der Waals surface area (Å²) in [6.07, 6.45) is 12.0. The SMILES string of the molecule is C=C(/C=C\C(=C)c1ccc2c(c1)C(C)(C)c1cc(-c3ccccc3)ccc1-2)c1cccc(C(C)(C)c2ccccc2)c1.Cc1ccc(NC2=CCC(C)C=C2)cc1. The Morgan fingerprint density at radius 3 is 1.89 bits per heavy atom. The summed E-state index contributed by atoms with van der Waals surface area (Å²) in [5.41, 5.74) is 18.2. The van der Waals surface area contributed by atoms with Crippen molar-refractivity contribution in [1.29, 1.82) is 0 Å². The molecule has 284 valence electrons. The van der Waals surface area contributed by atoms with E-state index in [1.165, 1.54) is 55.8 Å². The Labute approximate surface area is 341 Å². The Balaban J connectivity index is 0.000000277. The largest absolute Gasteiger partial charge is 0.356 e. The van der Waals surface area contributed by atoms with Gasteiger partial charge < -0.3 is 5.32 Å². The van der Waals surface area contributed by atoms with E-state index in [-0.39, 0.29) is 10.8 Å².